The Morgan fingerprint density at radius 1 is 1.00 bits per heavy atom. The van der Waals surface area contributed by atoms with Gasteiger partial charge >= 0.3 is 5.97 Å². The first-order chi connectivity index (χ1) is 9.74. The molecular weight excluding hydrogens is 252 g/mol. The van der Waals surface area contributed by atoms with Gasteiger partial charge in [0, 0.05) is 0 Å². The minimum Gasteiger partial charge on any atom is -0.493 e. The van der Waals surface area contributed by atoms with Crippen molar-refractivity contribution in [3.05, 3.63) is 65.7 Å². The fourth-order valence-corrected chi connectivity index (χ4v) is 1.70. The van der Waals surface area contributed by atoms with Crippen LogP contribution in [0.5, 0.6) is 5.75 Å². The molecule has 0 N–H and O–H groups in total. The molecule has 3 nitrogen and oxygen atoms in total. The van der Waals surface area contributed by atoms with Gasteiger partial charge in [0.2, 0.25) is 0 Å². The van der Waals surface area contributed by atoms with E-state index in [0.29, 0.717) is 13.2 Å². The normalized spacial score (nSPS) is 10.1. The van der Waals surface area contributed by atoms with E-state index in [1.807, 2.05) is 61.5 Å². The van der Waals surface area contributed by atoms with Crippen LogP contribution in [0.1, 0.15) is 17.5 Å². The van der Waals surface area contributed by atoms with Gasteiger partial charge in [-0.15, -0.1) is 0 Å². The molecule has 0 amide bonds. The summed E-state index contributed by atoms with van der Waals surface area (Å²) in [5.74, 6) is 0.521. The molecule has 0 atom stereocenters. The van der Waals surface area contributed by atoms with Crippen molar-refractivity contribution in [3.63, 3.8) is 0 Å². The lowest BCUT2D eigenvalue weighted by atomic mass is 10.2. The molecule has 0 aliphatic rings. The zero-order valence-corrected chi connectivity index (χ0v) is 11.5. The van der Waals surface area contributed by atoms with Gasteiger partial charge in [0.05, 0.1) is 13.0 Å². The summed E-state index contributed by atoms with van der Waals surface area (Å²) in [6.45, 7) is 2.66. The average Bonchev–Trinajstić information content (AvgIpc) is 2.48. The molecule has 20 heavy (non-hydrogen) atoms. The van der Waals surface area contributed by atoms with E-state index in [0.717, 1.165) is 11.3 Å². The van der Waals surface area contributed by atoms with Crippen LogP contribution in [-0.2, 0) is 16.1 Å². The predicted octanol–water partition coefficient (Wildman–Crippen LogP) is 3.51. The summed E-state index contributed by atoms with van der Waals surface area (Å²) in [7, 11) is 0. The number of hydrogen-bond donors (Lipinski definition) is 0. The molecule has 104 valence electrons. The summed E-state index contributed by atoms with van der Waals surface area (Å²) in [5.41, 5.74) is 2.17. The Labute approximate surface area is 119 Å². The molecule has 2 rings (SSSR count). The molecule has 0 fully saturated rings. The van der Waals surface area contributed by atoms with Gasteiger partial charge in [0.15, 0.2) is 0 Å². The minimum absolute atomic E-state index is 0.249. The van der Waals surface area contributed by atoms with Crippen molar-refractivity contribution in [2.45, 2.75) is 20.0 Å². The van der Waals surface area contributed by atoms with Crippen LogP contribution in [0.4, 0.5) is 0 Å². The van der Waals surface area contributed by atoms with Gasteiger partial charge in [-0.3, -0.25) is 4.79 Å². The van der Waals surface area contributed by atoms with Crippen molar-refractivity contribution < 1.29 is 14.3 Å². The fourth-order valence-electron chi connectivity index (χ4n) is 1.70. The number of benzene rings is 2. The second kappa shape index (κ2) is 7.34. The lowest BCUT2D eigenvalue weighted by Crippen LogP contribution is -2.09. The van der Waals surface area contributed by atoms with Gasteiger partial charge in [0.1, 0.15) is 12.4 Å². The van der Waals surface area contributed by atoms with E-state index >= 15 is 0 Å². The Morgan fingerprint density at radius 3 is 2.40 bits per heavy atom. The van der Waals surface area contributed by atoms with Crippen LogP contribution in [0, 0.1) is 6.92 Å². The van der Waals surface area contributed by atoms with Crippen molar-refractivity contribution >= 4 is 5.97 Å². The molecule has 0 radical (unpaired) electrons. The molecule has 3 heteroatoms. The van der Waals surface area contributed by atoms with Gasteiger partial charge in [0.25, 0.3) is 0 Å². The smallest absolute Gasteiger partial charge is 0.309 e. The molecule has 0 saturated heterocycles. The third-order valence-corrected chi connectivity index (χ3v) is 2.84. The first kappa shape index (κ1) is 14.1. The van der Waals surface area contributed by atoms with Gasteiger partial charge < -0.3 is 9.47 Å². The Bertz CT molecular complexity index is 532. The van der Waals surface area contributed by atoms with Crippen molar-refractivity contribution in [1.29, 1.82) is 0 Å². The third-order valence-electron chi connectivity index (χ3n) is 2.84. The van der Waals surface area contributed by atoms with Crippen molar-refractivity contribution in [1.82, 2.24) is 0 Å². The molecule has 2 aromatic rings. The summed E-state index contributed by atoms with van der Waals surface area (Å²) in [5, 5.41) is 0. The molecule has 0 aliphatic carbocycles. The number of ether oxygens (including phenoxy) is 2. The third kappa shape index (κ3) is 4.76. The number of aryl methyl sites for hydroxylation is 1. The van der Waals surface area contributed by atoms with E-state index in [9.17, 15) is 4.79 Å². The zero-order chi connectivity index (χ0) is 14.2. The van der Waals surface area contributed by atoms with Gasteiger partial charge in [-0.25, -0.2) is 0 Å². The van der Waals surface area contributed by atoms with Gasteiger partial charge in [-0.05, 0) is 24.6 Å². The van der Waals surface area contributed by atoms with Crippen LogP contribution in [0.2, 0.25) is 0 Å². The lowest BCUT2D eigenvalue weighted by molar-refractivity contribution is -0.145. The van der Waals surface area contributed by atoms with E-state index in [1.54, 1.807) is 0 Å². The van der Waals surface area contributed by atoms with E-state index < -0.39 is 0 Å². The highest BCUT2D eigenvalue weighted by atomic mass is 16.5. The SMILES string of the molecule is Cc1ccc(OCCC(=O)OCc2ccccc2)cc1. The summed E-state index contributed by atoms with van der Waals surface area (Å²) >= 11 is 0. The van der Waals surface area contributed by atoms with E-state index in [-0.39, 0.29) is 12.4 Å². The lowest BCUT2D eigenvalue weighted by Gasteiger charge is -2.07. The average molecular weight is 270 g/mol. The Hall–Kier alpha value is -2.29. The maximum Gasteiger partial charge on any atom is 0.309 e. The van der Waals surface area contributed by atoms with Crippen LogP contribution in [0.15, 0.2) is 54.6 Å². The monoisotopic (exact) mass is 270 g/mol. The van der Waals surface area contributed by atoms with E-state index in [4.69, 9.17) is 9.47 Å². The summed E-state index contributed by atoms with van der Waals surface area (Å²) in [6, 6.07) is 17.4. The fraction of sp³-hybridized carbons (Fsp3) is 0.235. The van der Waals surface area contributed by atoms with Crippen molar-refractivity contribution in [2.24, 2.45) is 0 Å². The summed E-state index contributed by atoms with van der Waals surface area (Å²) < 4.78 is 10.6. The van der Waals surface area contributed by atoms with Gasteiger partial charge in [-0.1, -0.05) is 48.0 Å². The van der Waals surface area contributed by atoms with Crippen molar-refractivity contribution in [3.8, 4) is 5.75 Å². The highest BCUT2D eigenvalue weighted by molar-refractivity contribution is 5.69. The maximum absolute atomic E-state index is 11.6. The number of rotatable bonds is 6. The summed E-state index contributed by atoms with van der Waals surface area (Å²) in [6.07, 6.45) is 0.251. The highest BCUT2D eigenvalue weighted by Crippen LogP contribution is 2.11. The Balaban J connectivity index is 1.66. The van der Waals surface area contributed by atoms with Crippen LogP contribution in [-0.4, -0.2) is 12.6 Å². The van der Waals surface area contributed by atoms with Crippen LogP contribution < -0.4 is 4.74 Å². The topological polar surface area (TPSA) is 35.5 Å². The number of esters is 1. The van der Waals surface area contributed by atoms with E-state index in [2.05, 4.69) is 0 Å². The quantitative estimate of drug-likeness (QED) is 0.753. The molecule has 0 spiro atoms. The van der Waals surface area contributed by atoms with Crippen LogP contribution >= 0.6 is 0 Å². The second-order valence-electron chi connectivity index (χ2n) is 4.56. The molecule has 2 aromatic carbocycles. The number of carbonyl (C=O) groups is 1. The maximum atomic E-state index is 11.6. The molecule has 0 unspecified atom stereocenters. The van der Waals surface area contributed by atoms with Crippen LogP contribution in [0.3, 0.4) is 0 Å². The standard InChI is InChI=1S/C17H18O3/c1-14-7-9-16(10-8-14)19-12-11-17(18)20-13-15-5-3-2-4-6-15/h2-10H,11-13H2,1H3. The molecule has 0 heterocycles. The number of carbonyl (C=O) groups excluding carboxylic acids is 1. The first-order valence-electron chi connectivity index (χ1n) is 6.63. The first-order valence-corrected chi connectivity index (χ1v) is 6.63. The largest absolute Gasteiger partial charge is 0.493 e. The molecule has 0 saturated carbocycles. The molecule has 0 bridgehead atoms. The zero-order valence-electron chi connectivity index (χ0n) is 11.5. The Morgan fingerprint density at radius 2 is 1.70 bits per heavy atom. The van der Waals surface area contributed by atoms with Gasteiger partial charge in [-0.2, -0.15) is 0 Å². The second-order valence-corrected chi connectivity index (χ2v) is 4.56. The number of hydrogen-bond acceptors (Lipinski definition) is 3. The van der Waals surface area contributed by atoms with Crippen molar-refractivity contribution in [2.75, 3.05) is 6.61 Å². The molecular formula is C17H18O3. The highest BCUT2D eigenvalue weighted by Gasteiger charge is 2.04. The van der Waals surface area contributed by atoms with E-state index in [1.165, 1.54) is 5.56 Å². The molecule has 0 aromatic heterocycles. The summed E-state index contributed by atoms with van der Waals surface area (Å²) in [4.78, 5) is 11.6. The van der Waals surface area contributed by atoms with Crippen LogP contribution in [0.25, 0.3) is 0 Å². The Kier molecular flexibility index (Phi) is 5.18. The molecule has 0 aliphatic heterocycles. The minimum atomic E-state index is -0.249. The predicted molar refractivity (Wildman–Crippen MR) is 77.5 cm³/mol.